The van der Waals surface area contributed by atoms with Gasteiger partial charge in [0.05, 0.1) is 10.7 Å². The number of amides is 1. The number of hydrogen-bond acceptors (Lipinski definition) is 2. The van der Waals surface area contributed by atoms with E-state index in [0.29, 0.717) is 23.0 Å². The van der Waals surface area contributed by atoms with Gasteiger partial charge in [-0.05, 0) is 37.0 Å². The molecule has 0 aliphatic rings. The van der Waals surface area contributed by atoms with Crippen LogP contribution in [0.15, 0.2) is 18.2 Å². The Morgan fingerprint density at radius 2 is 2.10 bits per heavy atom. The Morgan fingerprint density at radius 3 is 2.62 bits per heavy atom. The average molecular weight is 306 g/mol. The number of benzene rings is 1. The van der Waals surface area contributed by atoms with Gasteiger partial charge in [-0.25, -0.2) is 0 Å². The number of hydrogen-bond donors (Lipinski definition) is 1. The number of carbonyl (C=O) groups excluding carboxylic acids is 1. The van der Waals surface area contributed by atoms with Gasteiger partial charge in [-0.2, -0.15) is 5.10 Å². The van der Waals surface area contributed by atoms with Gasteiger partial charge < -0.3 is 5.32 Å². The molecule has 0 bridgehead atoms. The molecule has 0 radical (unpaired) electrons. The first-order chi connectivity index (χ1) is 9.93. The van der Waals surface area contributed by atoms with Gasteiger partial charge in [-0.15, -0.1) is 0 Å². The maximum Gasteiger partial charge on any atom is 0.271 e. The molecule has 0 aliphatic carbocycles. The van der Waals surface area contributed by atoms with Crippen LogP contribution in [0, 0.1) is 13.8 Å². The van der Waals surface area contributed by atoms with Crippen LogP contribution >= 0.6 is 11.6 Å². The molecular formula is C16H20ClN3O. The van der Waals surface area contributed by atoms with E-state index in [1.54, 1.807) is 14.0 Å². The number of halogens is 1. The van der Waals surface area contributed by atoms with Gasteiger partial charge in [0.1, 0.15) is 5.69 Å². The molecule has 0 fully saturated rings. The first-order valence-electron chi connectivity index (χ1n) is 6.99. The highest BCUT2D eigenvalue weighted by atomic mass is 35.5. The fourth-order valence-corrected chi connectivity index (χ4v) is 2.56. The van der Waals surface area contributed by atoms with E-state index in [0.717, 1.165) is 12.0 Å². The third kappa shape index (κ3) is 3.27. The summed E-state index contributed by atoms with van der Waals surface area (Å²) in [5, 5.41) is 7.47. The zero-order valence-corrected chi connectivity index (χ0v) is 13.6. The number of carbonyl (C=O) groups is 1. The minimum atomic E-state index is -0.206. The number of nitrogens with one attached hydrogen (secondary N) is 1. The lowest BCUT2D eigenvalue weighted by molar-refractivity contribution is 0.0941. The van der Waals surface area contributed by atoms with E-state index in [1.165, 1.54) is 15.8 Å². The van der Waals surface area contributed by atoms with E-state index in [2.05, 4.69) is 42.5 Å². The molecule has 1 aromatic carbocycles. The average Bonchev–Trinajstić information content (AvgIpc) is 2.70. The highest BCUT2D eigenvalue weighted by Gasteiger charge is 2.18. The van der Waals surface area contributed by atoms with Gasteiger partial charge in [0, 0.05) is 13.6 Å². The Bertz CT molecular complexity index is 676. The zero-order chi connectivity index (χ0) is 15.6. The molecule has 1 heterocycles. The van der Waals surface area contributed by atoms with Crippen LogP contribution < -0.4 is 5.32 Å². The number of rotatable bonds is 4. The van der Waals surface area contributed by atoms with E-state index >= 15 is 0 Å². The molecule has 0 aliphatic heterocycles. The Kier molecular flexibility index (Phi) is 4.68. The number of aromatic nitrogens is 2. The molecule has 0 spiro atoms. The molecule has 1 amide bonds. The minimum absolute atomic E-state index is 0.206. The van der Waals surface area contributed by atoms with Crippen LogP contribution in [0.25, 0.3) is 0 Å². The minimum Gasteiger partial charge on any atom is -0.347 e. The van der Waals surface area contributed by atoms with Crippen molar-refractivity contribution >= 4 is 17.5 Å². The second-order valence-electron chi connectivity index (χ2n) is 5.17. The van der Waals surface area contributed by atoms with E-state index < -0.39 is 0 Å². The van der Waals surface area contributed by atoms with Crippen molar-refractivity contribution in [2.45, 2.75) is 33.7 Å². The van der Waals surface area contributed by atoms with Crippen molar-refractivity contribution in [2.75, 3.05) is 0 Å². The van der Waals surface area contributed by atoms with Crippen LogP contribution in [-0.4, -0.2) is 15.7 Å². The number of aryl methyl sites for hydroxylation is 4. The van der Waals surface area contributed by atoms with Crippen molar-refractivity contribution in [3.05, 3.63) is 51.3 Å². The molecular weight excluding hydrogens is 286 g/mol. The third-order valence-corrected chi connectivity index (χ3v) is 4.07. The molecule has 21 heavy (non-hydrogen) atoms. The Morgan fingerprint density at radius 1 is 1.38 bits per heavy atom. The molecule has 2 aromatic rings. The van der Waals surface area contributed by atoms with Gasteiger partial charge in [0.25, 0.3) is 5.91 Å². The summed E-state index contributed by atoms with van der Waals surface area (Å²) in [4.78, 5) is 12.3. The van der Waals surface area contributed by atoms with Crippen molar-refractivity contribution in [1.29, 1.82) is 0 Å². The lowest BCUT2D eigenvalue weighted by Gasteiger charge is -2.10. The van der Waals surface area contributed by atoms with Crippen molar-refractivity contribution in [3.63, 3.8) is 0 Å². The summed E-state index contributed by atoms with van der Waals surface area (Å²) in [5.74, 6) is -0.206. The van der Waals surface area contributed by atoms with Crippen LogP contribution in [0.5, 0.6) is 0 Å². The van der Waals surface area contributed by atoms with E-state index in [9.17, 15) is 4.79 Å². The monoisotopic (exact) mass is 305 g/mol. The smallest absolute Gasteiger partial charge is 0.271 e. The van der Waals surface area contributed by atoms with Crippen LogP contribution in [0.4, 0.5) is 0 Å². The van der Waals surface area contributed by atoms with E-state index in [-0.39, 0.29) is 5.91 Å². The highest BCUT2D eigenvalue weighted by molar-refractivity contribution is 6.34. The normalized spacial score (nSPS) is 10.7. The molecule has 1 aromatic heterocycles. The van der Waals surface area contributed by atoms with Gasteiger partial charge in [0.2, 0.25) is 0 Å². The summed E-state index contributed by atoms with van der Waals surface area (Å²) in [6.07, 6.45) is 1.01. The fourth-order valence-electron chi connectivity index (χ4n) is 2.31. The van der Waals surface area contributed by atoms with Crippen LogP contribution in [0.3, 0.4) is 0 Å². The van der Waals surface area contributed by atoms with Gasteiger partial charge in [-0.3, -0.25) is 9.48 Å². The van der Waals surface area contributed by atoms with Crippen LogP contribution in [0.2, 0.25) is 5.02 Å². The van der Waals surface area contributed by atoms with Crippen LogP contribution in [0.1, 0.15) is 39.8 Å². The topological polar surface area (TPSA) is 46.9 Å². The SMILES string of the molecule is CCc1ccc(CNC(=O)c2c(Cl)c(C)nn2C)c(C)c1. The first-order valence-corrected chi connectivity index (χ1v) is 7.37. The summed E-state index contributed by atoms with van der Waals surface area (Å²) >= 11 is 6.12. The lowest BCUT2D eigenvalue weighted by Crippen LogP contribution is -2.25. The summed E-state index contributed by atoms with van der Waals surface area (Å²) < 4.78 is 1.51. The largest absolute Gasteiger partial charge is 0.347 e. The third-order valence-electron chi connectivity index (χ3n) is 3.62. The summed E-state index contributed by atoms with van der Waals surface area (Å²) in [6.45, 7) is 6.45. The molecule has 1 N–H and O–H groups in total. The molecule has 2 rings (SSSR count). The van der Waals surface area contributed by atoms with Crippen molar-refractivity contribution in [2.24, 2.45) is 7.05 Å². The highest BCUT2D eigenvalue weighted by Crippen LogP contribution is 2.19. The molecule has 0 saturated heterocycles. The Balaban J connectivity index is 2.11. The predicted molar refractivity (Wildman–Crippen MR) is 84.7 cm³/mol. The van der Waals surface area contributed by atoms with Gasteiger partial charge in [-0.1, -0.05) is 36.7 Å². The predicted octanol–water partition coefficient (Wildman–Crippen LogP) is 3.18. The lowest BCUT2D eigenvalue weighted by atomic mass is 10.0. The molecule has 0 atom stereocenters. The summed E-state index contributed by atoms with van der Waals surface area (Å²) in [7, 11) is 1.72. The standard InChI is InChI=1S/C16H20ClN3O/c1-5-12-6-7-13(10(2)8-12)9-18-16(21)15-14(17)11(3)19-20(15)4/h6-8H,5,9H2,1-4H3,(H,18,21). The second kappa shape index (κ2) is 6.31. The number of nitrogens with zero attached hydrogens (tertiary/aromatic N) is 2. The molecule has 0 saturated carbocycles. The van der Waals surface area contributed by atoms with Crippen molar-refractivity contribution < 1.29 is 4.79 Å². The van der Waals surface area contributed by atoms with Gasteiger partial charge in [0.15, 0.2) is 0 Å². The Hall–Kier alpha value is -1.81. The Labute approximate surface area is 130 Å². The maximum absolute atomic E-state index is 12.3. The second-order valence-corrected chi connectivity index (χ2v) is 5.55. The van der Waals surface area contributed by atoms with Crippen molar-refractivity contribution in [1.82, 2.24) is 15.1 Å². The first kappa shape index (κ1) is 15.6. The van der Waals surface area contributed by atoms with E-state index in [4.69, 9.17) is 11.6 Å². The maximum atomic E-state index is 12.3. The molecule has 0 unspecified atom stereocenters. The summed E-state index contributed by atoms with van der Waals surface area (Å²) in [5.41, 5.74) is 4.65. The zero-order valence-electron chi connectivity index (χ0n) is 12.8. The molecule has 5 heteroatoms. The van der Waals surface area contributed by atoms with Crippen molar-refractivity contribution in [3.8, 4) is 0 Å². The quantitative estimate of drug-likeness (QED) is 0.943. The molecule has 4 nitrogen and oxygen atoms in total. The molecule has 112 valence electrons. The fraction of sp³-hybridized carbons (Fsp3) is 0.375. The summed E-state index contributed by atoms with van der Waals surface area (Å²) in [6, 6.07) is 6.31. The van der Waals surface area contributed by atoms with Crippen LogP contribution in [-0.2, 0) is 20.0 Å². The van der Waals surface area contributed by atoms with E-state index in [1.807, 2.05) is 0 Å². The van der Waals surface area contributed by atoms with Gasteiger partial charge >= 0.3 is 0 Å².